The van der Waals surface area contributed by atoms with Crippen molar-refractivity contribution < 1.29 is 8.85 Å². The summed E-state index contributed by atoms with van der Waals surface area (Å²) in [6.45, 7) is -2.19. The zero-order valence-corrected chi connectivity index (χ0v) is 6.22. The Labute approximate surface area is 71.2 Å². The first-order valence-electron chi connectivity index (χ1n) is 4.68. The molecule has 0 saturated carbocycles. The molecule has 0 heterocycles. The molecule has 0 atom stereocenters. The van der Waals surface area contributed by atoms with E-state index in [1.165, 1.54) is 0 Å². The highest BCUT2D eigenvalue weighted by molar-refractivity contribution is 5.37. The lowest BCUT2D eigenvalue weighted by Crippen LogP contribution is -1.81. The monoisotopic (exact) mass is 149 g/mol. The molecule has 1 rings (SSSR count). The zero-order chi connectivity index (χ0) is 10.6. The van der Waals surface area contributed by atoms with Crippen molar-refractivity contribution in [1.82, 2.24) is 0 Å². The first-order valence-corrected chi connectivity index (χ1v) is 3.18. The molecule has 0 bridgehead atoms. The van der Waals surface area contributed by atoms with Gasteiger partial charge in [0.2, 0.25) is 0 Å². The second-order valence-corrected chi connectivity index (χ2v) is 1.98. The summed E-state index contributed by atoms with van der Waals surface area (Å²) in [5.74, 6) is 5.48. The molecule has 0 fully saturated rings. The van der Waals surface area contributed by atoms with Crippen LogP contribution < -0.4 is 4.74 Å². The third-order valence-corrected chi connectivity index (χ3v) is 1.30. The first-order chi connectivity index (χ1) is 6.51. The van der Waals surface area contributed by atoms with E-state index in [1.807, 2.05) is 0 Å². The van der Waals surface area contributed by atoms with E-state index in [-0.39, 0.29) is 0 Å². The third kappa shape index (κ3) is 2.01. The number of hydrogen-bond donors (Lipinski definition) is 0. The Hall–Kier alpha value is -1.42. The van der Waals surface area contributed by atoms with E-state index in [2.05, 4.69) is 11.8 Å². The van der Waals surface area contributed by atoms with Crippen molar-refractivity contribution in [3.8, 4) is 17.6 Å². The molecule has 0 unspecified atom stereocenters. The van der Waals surface area contributed by atoms with Gasteiger partial charge in [0.1, 0.15) is 5.75 Å². The molecule has 1 aromatic rings. The molecular weight excluding hydrogens is 136 g/mol. The SMILES string of the molecule is [2H]C([2H])([2H])C#Cc1ccc(OC)cc1. The van der Waals surface area contributed by atoms with Crippen LogP contribution in [-0.2, 0) is 0 Å². The van der Waals surface area contributed by atoms with Crippen molar-refractivity contribution in [2.24, 2.45) is 0 Å². The third-order valence-electron chi connectivity index (χ3n) is 1.30. The Kier molecular flexibility index (Phi) is 1.49. The van der Waals surface area contributed by atoms with Gasteiger partial charge in [-0.2, -0.15) is 0 Å². The number of benzene rings is 1. The summed E-state index contributed by atoms with van der Waals surface area (Å²) in [5, 5.41) is 0. The Morgan fingerprint density at radius 3 is 2.64 bits per heavy atom. The predicted octanol–water partition coefficient (Wildman–Crippen LogP) is 2.07. The number of hydrogen-bond acceptors (Lipinski definition) is 1. The van der Waals surface area contributed by atoms with E-state index >= 15 is 0 Å². The summed E-state index contributed by atoms with van der Waals surface area (Å²) in [7, 11) is 1.57. The van der Waals surface area contributed by atoms with Crippen LogP contribution in [0.5, 0.6) is 5.75 Å². The van der Waals surface area contributed by atoms with Gasteiger partial charge < -0.3 is 4.74 Å². The fourth-order valence-corrected chi connectivity index (χ4v) is 0.747. The van der Waals surface area contributed by atoms with Crippen molar-refractivity contribution >= 4 is 0 Å². The largest absolute Gasteiger partial charge is 0.497 e. The van der Waals surface area contributed by atoms with Crippen molar-refractivity contribution in [1.29, 1.82) is 0 Å². The maximum Gasteiger partial charge on any atom is 0.118 e. The second-order valence-electron chi connectivity index (χ2n) is 1.98. The molecule has 1 nitrogen and oxygen atoms in total. The molecule has 0 aliphatic carbocycles. The lowest BCUT2D eigenvalue weighted by molar-refractivity contribution is 0.415. The van der Waals surface area contributed by atoms with Gasteiger partial charge in [-0.25, -0.2) is 0 Å². The van der Waals surface area contributed by atoms with Crippen molar-refractivity contribution in [3.05, 3.63) is 29.8 Å². The average molecular weight is 149 g/mol. The van der Waals surface area contributed by atoms with Gasteiger partial charge in [-0.05, 0) is 31.1 Å². The van der Waals surface area contributed by atoms with E-state index in [0.717, 1.165) is 5.75 Å². The van der Waals surface area contributed by atoms with Crippen LogP contribution >= 0.6 is 0 Å². The highest BCUT2D eigenvalue weighted by Crippen LogP contribution is 2.09. The summed E-state index contributed by atoms with van der Waals surface area (Å²) >= 11 is 0. The van der Waals surface area contributed by atoms with Gasteiger partial charge in [0, 0.05) is 9.68 Å². The normalized spacial score (nSPS) is 13.4. The average Bonchev–Trinajstić information content (AvgIpc) is 2.14. The van der Waals surface area contributed by atoms with Gasteiger partial charge in [-0.15, -0.1) is 5.92 Å². The van der Waals surface area contributed by atoms with Crippen molar-refractivity contribution in [3.63, 3.8) is 0 Å². The highest BCUT2D eigenvalue weighted by atomic mass is 16.5. The molecule has 0 aromatic heterocycles. The van der Waals surface area contributed by atoms with Crippen LogP contribution in [0.3, 0.4) is 0 Å². The molecule has 56 valence electrons. The van der Waals surface area contributed by atoms with Gasteiger partial charge in [-0.1, -0.05) is 5.92 Å². The van der Waals surface area contributed by atoms with Gasteiger partial charge in [0.15, 0.2) is 0 Å². The summed E-state index contributed by atoms with van der Waals surface area (Å²) in [5.41, 5.74) is 0.668. The Balaban J connectivity index is 2.82. The molecule has 0 spiro atoms. The first kappa shape index (κ1) is 4.46. The van der Waals surface area contributed by atoms with Crippen LogP contribution in [0.4, 0.5) is 0 Å². The van der Waals surface area contributed by atoms with E-state index in [1.54, 1.807) is 31.4 Å². The highest BCUT2D eigenvalue weighted by Gasteiger charge is 1.88. The van der Waals surface area contributed by atoms with E-state index in [0.29, 0.717) is 5.56 Å². The molecular formula is C10H10O. The molecule has 1 aromatic carbocycles. The van der Waals surface area contributed by atoms with Crippen LogP contribution in [0.2, 0.25) is 0 Å². The maximum atomic E-state index is 6.89. The van der Waals surface area contributed by atoms with E-state index in [9.17, 15) is 0 Å². The number of ether oxygens (including phenoxy) is 1. The van der Waals surface area contributed by atoms with Gasteiger partial charge in [0.05, 0.1) is 7.11 Å². The summed E-state index contributed by atoms with van der Waals surface area (Å²) in [6.07, 6.45) is 0. The molecule has 0 amide bonds. The van der Waals surface area contributed by atoms with Crippen molar-refractivity contribution in [2.75, 3.05) is 7.11 Å². The van der Waals surface area contributed by atoms with Crippen LogP contribution in [-0.4, -0.2) is 7.11 Å². The van der Waals surface area contributed by atoms with Crippen LogP contribution in [0.15, 0.2) is 24.3 Å². The topological polar surface area (TPSA) is 9.23 Å². The fraction of sp³-hybridized carbons (Fsp3) is 0.200. The minimum atomic E-state index is -2.19. The molecule has 0 aliphatic heterocycles. The molecule has 11 heavy (non-hydrogen) atoms. The minimum absolute atomic E-state index is 0.668. The predicted molar refractivity (Wildman–Crippen MR) is 45.5 cm³/mol. The Morgan fingerprint density at radius 2 is 2.09 bits per heavy atom. The Bertz CT molecular complexity index is 354. The van der Waals surface area contributed by atoms with E-state index in [4.69, 9.17) is 8.85 Å². The zero-order valence-electron chi connectivity index (χ0n) is 9.22. The molecule has 0 N–H and O–H groups in total. The smallest absolute Gasteiger partial charge is 0.118 e. The summed E-state index contributed by atoms with van der Waals surface area (Å²) in [6, 6.07) is 6.92. The molecule has 0 saturated heterocycles. The quantitative estimate of drug-likeness (QED) is 0.555. The van der Waals surface area contributed by atoms with Crippen LogP contribution in [0.25, 0.3) is 0 Å². The fourth-order valence-electron chi connectivity index (χ4n) is 0.747. The molecule has 0 aliphatic rings. The molecule has 1 heteroatoms. The van der Waals surface area contributed by atoms with Gasteiger partial charge >= 0.3 is 0 Å². The Morgan fingerprint density at radius 1 is 1.36 bits per heavy atom. The molecule has 0 radical (unpaired) electrons. The van der Waals surface area contributed by atoms with E-state index < -0.39 is 6.85 Å². The number of methoxy groups -OCH3 is 1. The van der Waals surface area contributed by atoms with Crippen molar-refractivity contribution in [2.45, 2.75) is 6.85 Å². The minimum Gasteiger partial charge on any atom is -0.497 e. The summed E-state index contributed by atoms with van der Waals surface area (Å²) < 4.78 is 25.6. The lowest BCUT2D eigenvalue weighted by Gasteiger charge is -1.96. The van der Waals surface area contributed by atoms with Crippen LogP contribution in [0, 0.1) is 11.8 Å². The number of rotatable bonds is 1. The maximum absolute atomic E-state index is 6.89. The second kappa shape index (κ2) is 3.68. The van der Waals surface area contributed by atoms with Gasteiger partial charge in [0.25, 0.3) is 0 Å². The lowest BCUT2D eigenvalue weighted by atomic mass is 10.2. The van der Waals surface area contributed by atoms with Crippen LogP contribution in [0.1, 0.15) is 16.5 Å². The summed E-state index contributed by atoms with van der Waals surface area (Å²) in [4.78, 5) is 0. The standard InChI is InChI=1S/C10H10O/c1-3-4-9-5-7-10(11-2)8-6-9/h5-8H,1-2H3/i1D3. The van der Waals surface area contributed by atoms with Gasteiger partial charge in [-0.3, -0.25) is 0 Å².